The van der Waals surface area contributed by atoms with Crippen LogP contribution >= 0.6 is 0 Å². The van der Waals surface area contributed by atoms with Gasteiger partial charge in [0, 0.05) is 13.8 Å². The summed E-state index contributed by atoms with van der Waals surface area (Å²) in [7, 11) is 0. The Morgan fingerprint density at radius 1 is 1.05 bits per heavy atom. The Morgan fingerprint density at radius 3 is 2.50 bits per heavy atom. The van der Waals surface area contributed by atoms with Crippen LogP contribution in [0.3, 0.4) is 0 Å². The number of hydrogen-bond acceptors (Lipinski definition) is 2. The van der Waals surface area contributed by atoms with Gasteiger partial charge in [-0.25, -0.2) is 0 Å². The smallest absolute Gasteiger partial charge is 0.205 e. The summed E-state index contributed by atoms with van der Waals surface area (Å²) in [5, 5.41) is 0. The molecule has 2 aromatic rings. The summed E-state index contributed by atoms with van der Waals surface area (Å²) in [6, 6.07) is 17.9. The van der Waals surface area contributed by atoms with E-state index in [2.05, 4.69) is 6.58 Å². The maximum atomic E-state index is 5.90. The molecule has 0 saturated carbocycles. The third-order valence-corrected chi connectivity index (χ3v) is 2.89. The van der Waals surface area contributed by atoms with Crippen molar-refractivity contribution < 1.29 is 9.47 Å². The van der Waals surface area contributed by atoms with E-state index in [0.717, 1.165) is 16.9 Å². The molecular weight excluding hydrogens is 248 g/mol. The van der Waals surface area contributed by atoms with Crippen LogP contribution in [0.1, 0.15) is 25.0 Å². The van der Waals surface area contributed by atoms with E-state index in [1.807, 2.05) is 68.4 Å². The van der Waals surface area contributed by atoms with Gasteiger partial charge in [-0.15, -0.1) is 0 Å². The van der Waals surface area contributed by atoms with Gasteiger partial charge in [-0.2, -0.15) is 0 Å². The van der Waals surface area contributed by atoms with E-state index in [0.29, 0.717) is 6.61 Å². The van der Waals surface area contributed by atoms with Crippen LogP contribution in [-0.2, 0) is 11.3 Å². The van der Waals surface area contributed by atoms with E-state index >= 15 is 0 Å². The van der Waals surface area contributed by atoms with E-state index < -0.39 is 5.79 Å². The zero-order chi connectivity index (χ0) is 14.4. The highest BCUT2D eigenvalue weighted by Gasteiger charge is 2.20. The standard InChI is InChI=1S/C18H20O2/c1-4-15-11-8-12-17(13-15)20-18(2,3)19-14-16-9-6-5-7-10-16/h4-13H,1,14H2,2-3H3. The summed E-state index contributed by atoms with van der Waals surface area (Å²) in [6.07, 6.45) is 1.80. The Labute approximate surface area is 120 Å². The minimum absolute atomic E-state index is 0.523. The first-order valence-electron chi connectivity index (χ1n) is 6.68. The van der Waals surface area contributed by atoms with Gasteiger partial charge in [0.15, 0.2) is 0 Å². The summed E-state index contributed by atoms with van der Waals surface area (Å²) in [5.41, 5.74) is 2.16. The highest BCUT2D eigenvalue weighted by Crippen LogP contribution is 2.22. The first-order valence-corrected chi connectivity index (χ1v) is 6.68. The van der Waals surface area contributed by atoms with Crippen LogP contribution in [0.15, 0.2) is 61.2 Å². The molecule has 0 N–H and O–H groups in total. The molecule has 2 nitrogen and oxygen atoms in total. The van der Waals surface area contributed by atoms with Crippen molar-refractivity contribution in [3.05, 3.63) is 72.3 Å². The molecule has 0 aliphatic heterocycles. The van der Waals surface area contributed by atoms with Gasteiger partial charge in [0.1, 0.15) is 5.75 Å². The van der Waals surface area contributed by atoms with Crippen LogP contribution in [0, 0.1) is 0 Å². The fraction of sp³-hybridized carbons (Fsp3) is 0.222. The van der Waals surface area contributed by atoms with E-state index in [4.69, 9.17) is 9.47 Å². The van der Waals surface area contributed by atoms with Gasteiger partial charge in [0.05, 0.1) is 6.61 Å². The predicted octanol–water partition coefficient (Wildman–Crippen LogP) is 4.66. The fourth-order valence-electron chi connectivity index (χ4n) is 1.85. The maximum Gasteiger partial charge on any atom is 0.205 e. The summed E-state index contributed by atoms with van der Waals surface area (Å²) < 4.78 is 11.7. The monoisotopic (exact) mass is 268 g/mol. The second-order valence-electron chi connectivity index (χ2n) is 5.05. The van der Waals surface area contributed by atoms with Crippen LogP contribution in [-0.4, -0.2) is 5.79 Å². The van der Waals surface area contributed by atoms with Crippen LogP contribution in [0.4, 0.5) is 0 Å². The van der Waals surface area contributed by atoms with Gasteiger partial charge in [-0.1, -0.05) is 55.1 Å². The first kappa shape index (κ1) is 14.4. The lowest BCUT2D eigenvalue weighted by Gasteiger charge is -2.27. The van der Waals surface area contributed by atoms with Gasteiger partial charge in [-0.3, -0.25) is 0 Å². The molecule has 0 spiro atoms. The van der Waals surface area contributed by atoms with Gasteiger partial charge in [-0.05, 0) is 23.3 Å². The van der Waals surface area contributed by atoms with Gasteiger partial charge >= 0.3 is 0 Å². The predicted molar refractivity (Wildman–Crippen MR) is 82.5 cm³/mol. The largest absolute Gasteiger partial charge is 0.463 e. The van der Waals surface area contributed by atoms with Crippen molar-refractivity contribution in [2.24, 2.45) is 0 Å². The molecule has 20 heavy (non-hydrogen) atoms. The first-order chi connectivity index (χ1) is 9.59. The molecule has 0 unspecified atom stereocenters. The van der Waals surface area contributed by atoms with Gasteiger partial charge in [0.25, 0.3) is 0 Å². The molecule has 2 heteroatoms. The molecule has 0 aromatic heterocycles. The minimum atomic E-state index is -0.685. The van der Waals surface area contributed by atoms with Gasteiger partial charge < -0.3 is 9.47 Å². The Balaban J connectivity index is 1.97. The van der Waals surface area contributed by atoms with Crippen LogP contribution in [0.25, 0.3) is 6.08 Å². The maximum absolute atomic E-state index is 5.90. The fourth-order valence-corrected chi connectivity index (χ4v) is 1.85. The molecule has 2 aromatic carbocycles. The quantitative estimate of drug-likeness (QED) is 0.709. The average Bonchev–Trinajstić information content (AvgIpc) is 2.46. The molecule has 104 valence electrons. The Bertz CT molecular complexity index is 559. The van der Waals surface area contributed by atoms with Crippen LogP contribution in [0.5, 0.6) is 5.75 Å². The van der Waals surface area contributed by atoms with Crippen molar-refractivity contribution in [1.82, 2.24) is 0 Å². The molecular formula is C18H20O2. The third kappa shape index (κ3) is 4.25. The molecule has 0 aliphatic carbocycles. The molecule has 0 atom stereocenters. The number of benzene rings is 2. The van der Waals surface area contributed by atoms with Crippen molar-refractivity contribution in [2.75, 3.05) is 0 Å². The van der Waals surface area contributed by atoms with Crippen molar-refractivity contribution in [3.8, 4) is 5.75 Å². The third-order valence-electron chi connectivity index (χ3n) is 2.89. The van der Waals surface area contributed by atoms with Crippen molar-refractivity contribution in [3.63, 3.8) is 0 Å². The second-order valence-corrected chi connectivity index (χ2v) is 5.05. The Morgan fingerprint density at radius 2 is 1.80 bits per heavy atom. The highest BCUT2D eigenvalue weighted by atomic mass is 16.7. The van der Waals surface area contributed by atoms with Gasteiger partial charge in [0.2, 0.25) is 5.79 Å². The normalized spacial score (nSPS) is 11.1. The van der Waals surface area contributed by atoms with Crippen molar-refractivity contribution >= 4 is 6.08 Å². The van der Waals surface area contributed by atoms with Crippen LogP contribution < -0.4 is 4.74 Å². The van der Waals surface area contributed by atoms with E-state index in [-0.39, 0.29) is 0 Å². The highest BCUT2D eigenvalue weighted by molar-refractivity contribution is 5.49. The average molecular weight is 268 g/mol. The molecule has 0 amide bonds. The van der Waals surface area contributed by atoms with E-state index in [9.17, 15) is 0 Å². The zero-order valence-corrected chi connectivity index (χ0v) is 12.0. The molecule has 2 rings (SSSR count). The SMILES string of the molecule is C=Cc1cccc(OC(C)(C)OCc2ccccc2)c1. The number of hydrogen-bond donors (Lipinski definition) is 0. The summed E-state index contributed by atoms with van der Waals surface area (Å²) >= 11 is 0. The number of ether oxygens (including phenoxy) is 2. The minimum Gasteiger partial charge on any atom is -0.463 e. The lowest BCUT2D eigenvalue weighted by atomic mass is 10.2. The topological polar surface area (TPSA) is 18.5 Å². The molecule has 0 aliphatic rings. The summed E-state index contributed by atoms with van der Waals surface area (Å²) in [5.74, 6) is 0.0933. The van der Waals surface area contributed by atoms with E-state index in [1.54, 1.807) is 6.08 Å². The van der Waals surface area contributed by atoms with E-state index in [1.165, 1.54) is 0 Å². The molecule has 0 bridgehead atoms. The van der Waals surface area contributed by atoms with Crippen molar-refractivity contribution in [2.45, 2.75) is 26.2 Å². The molecule has 0 fully saturated rings. The zero-order valence-electron chi connectivity index (χ0n) is 12.0. The molecule has 0 heterocycles. The van der Waals surface area contributed by atoms with Crippen LogP contribution in [0.2, 0.25) is 0 Å². The molecule has 0 radical (unpaired) electrons. The second kappa shape index (κ2) is 6.40. The summed E-state index contributed by atoms with van der Waals surface area (Å²) in [4.78, 5) is 0. The summed E-state index contributed by atoms with van der Waals surface area (Å²) in [6.45, 7) is 8.11. The Hall–Kier alpha value is -2.06. The lowest BCUT2D eigenvalue weighted by molar-refractivity contribution is -0.164. The lowest BCUT2D eigenvalue weighted by Crippen LogP contribution is -2.31. The molecule has 0 saturated heterocycles. The van der Waals surface area contributed by atoms with Crippen molar-refractivity contribution in [1.29, 1.82) is 0 Å². The Kier molecular flexibility index (Phi) is 4.59. The number of rotatable bonds is 6.